The van der Waals surface area contributed by atoms with E-state index >= 15 is 0 Å². The van der Waals surface area contributed by atoms with E-state index in [1.807, 2.05) is 4.90 Å². The molecule has 1 heterocycles. The predicted molar refractivity (Wildman–Crippen MR) is 85.8 cm³/mol. The molecule has 118 valence electrons. The molecule has 1 fully saturated rings. The van der Waals surface area contributed by atoms with Crippen molar-refractivity contribution in [2.24, 2.45) is 5.92 Å². The largest absolute Gasteiger partial charge is 0.383 e. The van der Waals surface area contributed by atoms with Gasteiger partial charge in [0.2, 0.25) is 0 Å². The number of hydrogen-bond acceptors (Lipinski definition) is 6. The lowest BCUT2D eigenvalue weighted by molar-refractivity contribution is 0.0753. The molecule has 1 aromatic rings. The van der Waals surface area contributed by atoms with Crippen molar-refractivity contribution in [3.05, 3.63) is 4.88 Å². The summed E-state index contributed by atoms with van der Waals surface area (Å²) >= 11 is 1.33. The van der Waals surface area contributed by atoms with Crippen LogP contribution in [0.5, 0.6) is 0 Å². The fourth-order valence-electron chi connectivity index (χ4n) is 2.12. The van der Waals surface area contributed by atoms with Gasteiger partial charge in [-0.2, -0.15) is 0 Å². The Morgan fingerprint density at radius 3 is 2.95 bits per heavy atom. The van der Waals surface area contributed by atoms with E-state index in [1.54, 1.807) is 7.11 Å². The Kier molecular flexibility index (Phi) is 5.81. The average Bonchev–Trinajstić information content (AvgIpc) is 3.20. The fourth-order valence-corrected chi connectivity index (χ4v) is 3.00. The van der Waals surface area contributed by atoms with E-state index in [0.29, 0.717) is 34.9 Å². The molecule has 0 bridgehead atoms. The van der Waals surface area contributed by atoms with E-state index in [4.69, 9.17) is 10.5 Å². The summed E-state index contributed by atoms with van der Waals surface area (Å²) < 4.78 is 4.98. The second-order valence-electron chi connectivity index (χ2n) is 5.35. The Morgan fingerprint density at radius 2 is 2.33 bits per heavy atom. The number of nitrogens with zero attached hydrogens (tertiary/aromatic N) is 2. The summed E-state index contributed by atoms with van der Waals surface area (Å²) in [4.78, 5) is 19.3. The molecule has 1 aromatic heterocycles. The highest BCUT2D eigenvalue weighted by Crippen LogP contribution is 2.32. The molecule has 1 amide bonds. The normalized spacial score (nSPS) is 14.2. The Morgan fingerprint density at radius 1 is 1.57 bits per heavy atom. The first-order chi connectivity index (χ1) is 10.2. The van der Waals surface area contributed by atoms with Crippen molar-refractivity contribution in [3.8, 4) is 0 Å². The van der Waals surface area contributed by atoms with Gasteiger partial charge in [0.05, 0.1) is 6.61 Å². The highest BCUT2D eigenvalue weighted by atomic mass is 32.1. The molecule has 0 radical (unpaired) electrons. The number of thiazole rings is 1. The van der Waals surface area contributed by atoms with Crippen molar-refractivity contribution in [3.63, 3.8) is 0 Å². The molecule has 0 aromatic carbocycles. The van der Waals surface area contributed by atoms with Gasteiger partial charge in [-0.05, 0) is 25.2 Å². The van der Waals surface area contributed by atoms with Crippen LogP contribution in [0.25, 0.3) is 0 Å². The minimum atomic E-state index is 0.0125. The minimum absolute atomic E-state index is 0.0125. The molecule has 2 rings (SSSR count). The zero-order valence-corrected chi connectivity index (χ0v) is 13.5. The summed E-state index contributed by atoms with van der Waals surface area (Å²) in [5, 5.41) is 3.79. The van der Waals surface area contributed by atoms with Gasteiger partial charge in [-0.3, -0.25) is 4.79 Å². The van der Waals surface area contributed by atoms with Crippen molar-refractivity contribution in [2.75, 3.05) is 44.4 Å². The number of aromatic nitrogens is 1. The SMILES string of the molecule is CCCN(CC1CC1)C(=O)c1sc(NCCOC)nc1N. The summed E-state index contributed by atoms with van der Waals surface area (Å²) in [6, 6.07) is 0. The zero-order chi connectivity index (χ0) is 15.2. The first kappa shape index (κ1) is 16.0. The zero-order valence-electron chi connectivity index (χ0n) is 12.7. The van der Waals surface area contributed by atoms with Gasteiger partial charge in [-0.25, -0.2) is 4.98 Å². The molecular formula is C14H24N4O2S. The number of rotatable bonds is 9. The van der Waals surface area contributed by atoms with Crippen LogP contribution in [-0.4, -0.2) is 49.1 Å². The maximum Gasteiger partial charge on any atom is 0.267 e. The lowest BCUT2D eigenvalue weighted by Crippen LogP contribution is -2.33. The van der Waals surface area contributed by atoms with Gasteiger partial charge < -0.3 is 20.7 Å². The van der Waals surface area contributed by atoms with E-state index in [0.717, 1.165) is 19.5 Å². The third kappa shape index (κ3) is 4.57. The Hall–Kier alpha value is -1.34. The molecule has 1 saturated carbocycles. The molecule has 0 saturated heterocycles. The van der Waals surface area contributed by atoms with Crippen LogP contribution in [0.3, 0.4) is 0 Å². The topological polar surface area (TPSA) is 80.5 Å². The molecule has 0 spiro atoms. The summed E-state index contributed by atoms with van der Waals surface area (Å²) in [5.74, 6) is 1.01. The van der Waals surface area contributed by atoms with E-state index in [-0.39, 0.29) is 5.91 Å². The summed E-state index contributed by atoms with van der Waals surface area (Å²) in [5.41, 5.74) is 5.91. The summed E-state index contributed by atoms with van der Waals surface area (Å²) in [7, 11) is 1.65. The molecule has 0 unspecified atom stereocenters. The molecule has 0 aliphatic heterocycles. The number of carbonyl (C=O) groups excluding carboxylic acids is 1. The van der Waals surface area contributed by atoms with Crippen molar-refractivity contribution in [2.45, 2.75) is 26.2 Å². The maximum atomic E-state index is 12.6. The highest BCUT2D eigenvalue weighted by molar-refractivity contribution is 7.18. The third-order valence-electron chi connectivity index (χ3n) is 3.39. The molecule has 0 atom stereocenters. The number of anilines is 2. The molecule has 7 heteroatoms. The average molecular weight is 312 g/mol. The smallest absolute Gasteiger partial charge is 0.267 e. The molecule has 1 aliphatic rings. The van der Waals surface area contributed by atoms with Gasteiger partial charge in [0.25, 0.3) is 5.91 Å². The van der Waals surface area contributed by atoms with Gasteiger partial charge in [-0.15, -0.1) is 0 Å². The lowest BCUT2D eigenvalue weighted by atomic mass is 10.3. The first-order valence-corrected chi connectivity index (χ1v) is 8.25. The van der Waals surface area contributed by atoms with Gasteiger partial charge in [-0.1, -0.05) is 18.3 Å². The van der Waals surface area contributed by atoms with E-state index in [1.165, 1.54) is 24.2 Å². The van der Waals surface area contributed by atoms with Crippen LogP contribution in [0.1, 0.15) is 35.9 Å². The van der Waals surface area contributed by atoms with E-state index < -0.39 is 0 Å². The molecule has 1 aliphatic carbocycles. The standard InChI is InChI=1S/C14H24N4O2S/c1-3-7-18(9-10-4-5-10)13(19)11-12(15)17-14(21-11)16-6-8-20-2/h10H,3-9,15H2,1-2H3,(H,16,17). The second-order valence-corrected chi connectivity index (χ2v) is 6.35. The Bertz CT molecular complexity index is 474. The maximum absolute atomic E-state index is 12.6. The van der Waals surface area contributed by atoms with Gasteiger partial charge in [0, 0.05) is 26.7 Å². The second kappa shape index (κ2) is 7.61. The number of amides is 1. The van der Waals surface area contributed by atoms with Crippen LogP contribution in [-0.2, 0) is 4.74 Å². The number of methoxy groups -OCH3 is 1. The lowest BCUT2D eigenvalue weighted by Gasteiger charge is -2.21. The number of carbonyl (C=O) groups is 1. The number of nitrogens with two attached hydrogens (primary N) is 1. The fraction of sp³-hybridized carbons (Fsp3) is 0.714. The van der Waals surface area contributed by atoms with Crippen LogP contribution in [0.4, 0.5) is 10.9 Å². The van der Waals surface area contributed by atoms with E-state index in [9.17, 15) is 4.79 Å². The van der Waals surface area contributed by atoms with Crippen molar-refractivity contribution in [1.82, 2.24) is 9.88 Å². The molecule has 21 heavy (non-hydrogen) atoms. The van der Waals surface area contributed by atoms with Crippen molar-refractivity contribution < 1.29 is 9.53 Å². The number of ether oxygens (including phenoxy) is 1. The highest BCUT2D eigenvalue weighted by Gasteiger charge is 2.28. The monoisotopic (exact) mass is 312 g/mol. The van der Waals surface area contributed by atoms with Gasteiger partial charge >= 0.3 is 0 Å². The Labute approximate surface area is 129 Å². The molecular weight excluding hydrogens is 288 g/mol. The van der Waals surface area contributed by atoms with Gasteiger partial charge in [0.15, 0.2) is 5.13 Å². The van der Waals surface area contributed by atoms with Crippen molar-refractivity contribution >= 4 is 28.2 Å². The number of nitrogen functional groups attached to an aromatic ring is 1. The number of nitrogens with one attached hydrogen (secondary N) is 1. The van der Waals surface area contributed by atoms with Crippen LogP contribution in [0, 0.1) is 5.92 Å². The van der Waals surface area contributed by atoms with Crippen LogP contribution >= 0.6 is 11.3 Å². The molecule has 6 nitrogen and oxygen atoms in total. The quantitative estimate of drug-likeness (QED) is 0.682. The van der Waals surface area contributed by atoms with Crippen molar-refractivity contribution in [1.29, 1.82) is 0 Å². The summed E-state index contributed by atoms with van der Waals surface area (Å²) in [6.45, 7) is 4.95. The summed E-state index contributed by atoms with van der Waals surface area (Å²) in [6.07, 6.45) is 3.42. The first-order valence-electron chi connectivity index (χ1n) is 7.44. The van der Waals surface area contributed by atoms with Crippen LogP contribution in [0.2, 0.25) is 0 Å². The predicted octanol–water partition coefficient (Wildman–Crippen LogP) is 2.05. The Balaban J connectivity index is 2.01. The minimum Gasteiger partial charge on any atom is -0.383 e. The number of hydrogen-bond donors (Lipinski definition) is 2. The van der Waals surface area contributed by atoms with Crippen LogP contribution < -0.4 is 11.1 Å². The van der Waals surface area contributed by atoms with E-state index in [2.05, 4.69) is 17.2 Å². The third-order valence-corrected chi connectivity index (χ3v) is 4.40. The molecule has 3 N–H and O–H groups in total. The van der Waals surface area contributed by atoms with Crippen LogP contribution in [0.15, 0.2) is 0 Å². The van der Waals surface area contributed by atoms with Gasteiger partial charge in [0.1, 0.15) is 10.7 Å².